The zero-order valence-corrected chi connectivity index (χ0v) is 14.3. The Morgan fingerprint density at radius 2 is 2.07 bits per heavy atom. The molecule has 0 radical (unpaired) electrons. The van der Waals surface area contributed by atoms with Crippen molar-refractivity contribution in [1.29, 1.82) is 0 Å². The van der Waals surface area contributed by atoms with Crippen molar-refractivity contribution in [3.05, 3.63) is 48.3 Å². The second-order valence-electron chi connectivity index (χ2n) is 6.14. The molecule has 4 rings (SSSR count). The molecule has 3 heterocycles. The second-order valence-corrected chi connectivity index (χ2v) is 6.14. The van der Waals surface area contributed by atoms with Crippen LogP contribution in [-0.2, 0) is 4.79 Å². The minimum Gasteiger partial charge on any atom is -0.365 e. The molecule has 2 aromatic heterocycles. The van der Waals surface area contributed by atoms with Gasteiger partial charge in [0, 0.05) is 18.1 Å². The number of pyridine rings is 1. The van der Waals surface area contributed by atoms with Crippen LogP contribution in [0.25, 0.3) is 10.9 Å². The standard InChI is InChI=1S/C18H17N7O2/c19-15(26)12-9-22-18(24-14-5-6-20-17(14)27)25-16(12)23-11-7-10-3-1-2-4-13(10)21-8-11/h1-4,7-9,14H,5-6H2,(H2,19,26)(H,20,27)(H2,22,23,24,25). The topological polar surface area (TPSA) is 135 Å². The Balaban J connectivity index is 1.65. The van der Waals surface area contributed by atoms with Gasteiger partial charge < -0.3 is 21.7 Å². The van der Waals surface area contributed by atoms with E-state index in [-0.39, 0.29) is 23.2 Å². The molecular formula is C18H17N7O2. The third-order valence-corrected chi connectivity index (χ3v) is 4.26. The van der Waals surface area contributed by atoms with Crippen molar-refractivity contribution in [3.63, 3.8) is 0 Å². The lowest BCUT2D eigenvalue weighted by Crippen LogP contribution is -2.30. The molecule has 3 aromatic rings. The van der Waals surface area contributed by atoms with Crippen LogP contribution in [0, 0.1) is 0 Å². The van der Waals surface area contributed by atoms with Gasteiger partial charge in [-0.1, -0.05) is 18.2 Å². The fourth-order valence-electron chi connectivity index (χ4n) is 2.89. The first-order valence-electron chi connectivity index (χ1n) is 8.43. The Morgan fingerprint density at radius 1 is 1.22 bits per heavy atom. The number of nitrogens with one attached hydrogen (secondary N) is 3. The second kappa shape index (κ2) is 6.87. The summed E-state index contributed by atoms with van der Waals surface area (Å²) in [5, 5.41) is 9.72. The number of nitrogens with two attached hydrogens (primary N) is 1. The van der Waals surface area contributed by atoms with Crippen LogP contribution in [0.4, 0.5) is 17.5 Å². The van der Waals surface area contributed by atoms with Crippen LogP contribution >= 0.6 is 0 Å². The number of carbonyl (C=O) groups is 2. The highest BCUT2D eigenvalue weighted by Crippen LogP contribution is 2.22. The molecule has 1 saturated heterocycles. The first-order valence-corrected chi connectivity index (χ1v) is 8.43. The highest BCUT2D eigenvalue weighted by atomic mass is 16.2. The first kappa shape index (κ1) is 16.7. The molecule has 1 unspecified atom stereocenters. The number of benzene rings is 1. The van der Waals surface area contributed by atoms with Gasteiger partial charge in [0.1, 0.15) is 17.4 Å². The van der Waals surface area contributed by atoms with E-state index in [2.05, 4.69) is 30.9 Å². The molecule has 136 valence electrons. The summed E-state index contributed by atoms with van der Waals surface area (Å²) < 4.78 is 0. The smallest absolute Gasteiger partial charge is 0.254 e. The number of hydrogen-bond donors (Lipinski definition) is 4. The molecule has 0 aliphatic carbocycles. The monoisotopic (exact) mass is 363 g/mol. The number of fused-ring (bicyclic) bond motifs is 1. The van der Waals surface area contributed by atoms with Gasteiger partial charge in [0.15, 0.2) is 0 Å². The number of para-hydroxylation sites is 1. The number of hydrogen-bond acceptors (Lipinski definition) is 7. The molecule has 1 aliphatic heterocycles. The molecule has 5 N–H and O–H groups in total. The lowest BCUT2D eigenvalue weighted by Gasteiger charge is -2.13. The van der Waals surface area contributed by atoms with Gasteiger partial charge in [-0.25, -0.2) is 4.98 Å². The van der Waals surface area contributed by atoms with Gasteiger partial charge in [-0.3, -0.25) is 14.6 Å². The highest BCUT2D eigenvalue weighted by molar-refractivity contribution is 5.98. The van der Waals surface area contributed by atoms with Crippen LogP contribution in [0.1, 0.15) is 16.8 Å². The SMILES string of the molecule is NC(=O)c1cnc(NC2CCNC2=O)nc1Nc1cnc2ccccc2c1. The quantitative estimate of drug-likeness (QED) is 0.534. The molecule has 1 aromatic carbocycles. The van der Waals surface area contributed by atoms with Crippen molar-refractivity contribution in [2.75, 3.05) is 17.2 Å². The number of anilines is 3. The normalized spacial score (nSPS) is 16.1. The fourth-order valence-corrected chi connectivity index (χ4v) is 2.89. The predicted molar refractivity (Wildman–Crippen MR) is 101 cm³/mol. The summed E-state index contributed by atoms with van der Waals surface area (Å²) in [6.07, 6.45) is 3.62. The van der Waals surface area contributed by atoms with E-state index < -0.39 is 11.9 Å². The van der Waals surface area contributed by atoms with Crippen molar-refractivity contribution in [3.8, 4) is 0 Å². The third kappa shape index (κ3) is 3.47. The molecule has 1 atom stereocenters. The minimum atomic E-state index is -0.656. The molecule has 0 spiro atoms. The van der Waals surface area contributed by atoms with Crippen molar-refractivity contribution in [2.45, 2.75) is 12.5 Å². The van der Waals surface area contributed by atoms with Gasteiger partial charge in [-0.2, -0.15) is 4.98 Å². The fraction of sp³-hybridized carbons (Fsp3) is 0.167. The molecule has 1 fully saturated rings. The first-order chi connectivity index (χ1) is 13.1. The number of nitrogens with zero attached hydrogens (tertiary/aromatic N) is 3. The van der Waals surface area contributed by atoms with E-state index >= 15 is 0 Å². The maximum absolute atomic E-state index is 11.7. The van der Waals surface area contributed by atoms with E-state index in [4.69, 9.17) is 5.73 Å². The summed E-state index contributed by atoms with van der Waals surface area (Å²) in [4.78, 5) is 36.3. The van der Waals surface area contributed by atoms with Crippen molar-refractivity contribution < 1.29 is 9.59 Å². The van der Waals surface area contributed by atoms with Crippen LogP contribution in [0.5, 0.6) is 0 Å². The molecule has 9 heteroatoms. The summed E-state index contributed by atoms with van der Waals surface area (Å²) in [5.74, 6) is -0.281. The van der Waals surface area contributed by atoms with Gasteiger partial charge in [0.05, 0.1) is 17.4 Å². The number of rotatable bonds is 5. The van der Waals surface area contributed by atoms with Gasteiger partial charge in [0.2, 0.25) is 11.9 Å². The van der Waals surface area contributed by atoms with E-state index in [0.29, 0.717) is 18.7 Å². The lowest BCUT2D eigenvalue weighted by molar-refractivity contribution is -0.119. The lowest BCUT2D eigenvalue weighted by atomic mass is 10.2. The Labute approximate surface area is 154 Å². The molecule has 27 heavy (non-hydrogen) atoms. The van der Waals surface area contributed by atoms with E-state index in [1.54, 1.807) is 6.20 Å². The molecule has 9 nitrogen and oxygen atoms in total. The maximum atomic E-state index is 11.7. The van der Waals surface area contributed by atoms with Crippen molar-refractivity contribution in [1.82, 2.24) is 20.3 Å². The maximum Gasteiger partial charge on any atom is 0.254 e. The van der Waals surface area contributed by atoms with Crippen molar-refractivity contribution >= 4 is 40.2 Å². The number of amides is 2. The van der Waals surface area contributed by atoms with Crippen LogP contribution in [0.2, 0.25) is 0 Å². The summed E-state index contributed by atoms with van der Waals surface area (Å²) in [5.41, 5.74) is 7.09. The Kier molecular flexibility index (Phi) is 4.25. The molecular weight excluding hydrogens is 346 g/mol. The number of aromatic nitrogens is 3. The van der Waals surface area contributed by atoms with Crippen LogP contribution in [0.15, 0.2) is 42.7 Å². The van der Waals surface area contributed by atoms with Crippen molar-refractivity contribution in [2.24, 2.45) is 5.73 Å². The highest BCUT2D eigenvalue weighted by Gasteiger charge is 2.25. The van der Waals surface area contributed by atoms with Crippen LogP contribution in [0.3, 0.4) is 0 Å². The van der Waals surface area contributed by atoms with Gasteiger partial charge in [-0.15, -0.1) is 0 Å². The number of carbonyl (C=O) groups excluding carboxylic acids is 2. The Morgan fingerprint density at radius 3 is 2.85 bits per heavy atom. The average molecular weight is 363 g/mol. The molecule has 2 amide bonds. The van der Waals surface area contributed by atoms with Gasteiger partial charge >= 0.3 is 0 Å². The zero-order chi connectivity index (χ0) is 18.8. The number of primary amides is 1. The summed E-state index contributed by atoms with van der Waals surface area (Å²) in [6, 6.07) is 9.17. The van der Waals surface area contributed by atoms with Crippen LogP contribution in [-0.4, -0.2) is 39.4 Å². The summed E-state index contributed by atoms with van der Waals surface area (Å²) in [7, 11) is 0. The zero-order valence-electron chi connectivity index (χ0n) is 14.3. The van der Waals surface area contributed by atoms with Gasteiger partial charge in [0.25, 0.3) is 5.91 Å². The van der Waals surface area contributed by atoms with Crippen LogP contribution < -0.4 is 21.7 Å². The predicted octanol–water partition coefficient (Wildman–Crippen LogP) is 1.17. The molecule has 1 aliphatic rings. The third-order valence-electron chi connectivity index (χ3n) is 4.26. The summed E-state index contributed by atoms with van der Waals surface area (Å²) >= 11 is 0. The minimum absolute atomic E-state index is 0.106. The average Bonchev–Trinajstić information content (AvgIpc) is 3.06. The molecule has 0 saturated carbocycles. The van der Waals surface area contributed by atoms with Gasteiger partial charge in [-0.05, 0) is 18.6 Å². The van der Waals surface area contributed by atoms with E-state index in [1.807, 2.05) is 30.3 Å². The largest absolute Gasteiger partial charge is 0.365 e. The summed E-state index contributed by atoms with van der Waals surface area (Å²) in [6.45, 7) is 0.601. The molecule has 0 bridgehead atoms. The Bertz CT molecular complexity index is 1040. The van der Waals surface area contributed by atoms with E-state index in [0.717, 1.165) is 10.9 Å². The van der Waals surface area contributed by atoms with E-state index in [1.165, 1.54) is 6.20 Å². The van der Waals surface area contributed by atoms with E-state index in [9.17, 15) is 9.59 Å². The Hall–Kier alpha value is -3.75.